The molecule has 7 nitrogen and oxygen atoms in total. The van der Waals surface area contributed by atoms with Gasteiger partial charge in [0, 0.05) is 18.4 Å². The van der Waals surface area contributed by atoms with Crippen LogP contribution in [0.25, 0.3) is 17.0 Å². The van der Waals surface area contributed by atoms with Crippen LogP contribution in [0.4, 0.5) is 0 Å². The van der Waals surface area contributed by atoms with Crippen molar-refractivity contribution in [2.24, 2.45) is 0 Å². The van der Waals surface area contributed by atoms with Crippen LogP contribution in [0, 0.1) is 0 Å². The average Bonchev–Trinajstić information content (AvgIpc) is 3.16. The van der Waals surface area contributed by atoms with Crippen LogP contribution in [0.3, 0.4) is 0 Å². The first-order chi connectivity index (χ1) is 13.1. The maximum absolute atomic E-state index is 11.8. The molecule has 1 saturated heterocycles. The lowest BCUT2D eigenvalue weighted by Gasteiger charge is -2.19. The van der Waals surface area contributed by atoms with Crippen molar-refractivity contribution in [1.29, 1.82) is 0 Å². The molecule has 27 heavy (non-hydrogen) atoms. The number of fused-ring (bicyclic) bond motifs is 1. The summed E-state index contributed by atoms with van der Waals surface area (Å²) in [6, 6.07) is 5.39. The fourth-order valence-electron chi connectivity index (χ4n) is 3.15. The number of carbonyl (C=O) groups excluding carboxylic acids is 1. The quantitative estimate of drug-likeness (QED) is 0.748. The van der Waals surface area contributed by atoms with E-state index in [1.807, 2.05) is 25.1 Å². The Morgan fingerprint density at radius 2 is 2.19 bits per heavy atom. The molecule has 0 unspecified atom stereocenters. The number of benzene rings is 1. The van der Waals surface area contributed by atoms with Crippen LogP contribution in [0.15, 0.2) is 24.8 Å². The molecule has 2 aromatic rings. The van der Waals surface area contributed by atoms with Gasteiger partial charge in [0.1, 0.15) is 12.1 Å². The minimum absolute atomic E-state index is 0.213. The third kappa shape index (κ3) is 3.83. The molecule has 144 valence electrons. The van der Waals surface area contributed by atoms with Crippen molar-refractivity contribution in [2.75, 3.05) is 27.4 Å². The summed E-state index contributed by atoms with van der Waals surface area (Å²) in [4.78, 5) is 16.3. The number of rotatable bonds is 7. The number of pyridine rings is 1. The van der Waals surface area contributed by atoms with E-state index in [0.29, 0.717) is 37.0 Å². The fourth-order valence-corrected chi connectivity index (χ4v) is 3.15. The predicted octanol–water partition coefficient (Wildman–Crippen LogP) is 2.57. The van der Waals surface area contributed by atoms with E-state index in [1.165, 1.54) is 7.11 Å². The summed E-state index contributed by atoms with van der Waals surface area (Å²) in [6.07, 6.45) is 2.05. The predicted molar refractivity (Wildman–Crippen MR) is 102 cm³/mol. The van der Waals surface area contributed by atoms with Crippen LogP contribution in [-0.4, -0.2) is 50.5 Å². The summed E-state index contributed by atoms with van der Waals surface area (Å²) >= 11 is 0. The van der Waals surface area contributed by atoms with Gasteiger partial charge in [0.25, 0.3) is 5.88 Å². The normalized spacial score (nSPS) is 18.9. The molecule has 0 saturated carbocycles. The highest BCUT2D eigenvalue weighted by atomic mass is 16.5. The third-order valence-electron chi connectivity index (χ3n) is 4.47. The summed E-state index contributed by atoms with van der Waals surface area (Å²) in [6.45, 7) is 6.68. The highest BCUT2D eigenvalue weighted by Crippen LogP contribution is 2.42. The second kappa shape index (κ2) is 8.26. The van der Waals surface area contributed by atoms with E-state index in [9.17, 15) is 4.79 Å². The molecule has 0 amide bonds. The number of aromatic nitrogens is 1. The summed E-state index contributed by atoms with van der Waals surface area (Å²) < 4.78 is 22.3. The Hall–Kier alpha value is -2.80. The maximum Gasteiger partial charge on any atom is 0.323 e. The van der Waals surface area contributed by atoms with Crippen LogP contribution in [-0.2, 0) is 9.53 Å². The summed E-state index contributed by atoms with van der Waals surface area (Å²) in [5.74, 6) is 1.07. The largest absolute Gasteiger partial charge is 0.489 e. The number of nitrogens with zero attached hydrogens (tertiary/aromatic N) is 1. The number of nitrogens with one attached hydrogen (secondary N) is 1. The van der Waals surface area contributed by atoms with Crippen molar-refractivity contribution in [2.45, 2.75) is 25.5 Å². The number of hydrogen-bond donors (Lipinski definition) is 1. The van der Waals surface area contributed by atoms with Gasteiger partial charge < -0.3 is 24.3 Å². The fraction of sp³-hybridized carbons (Fsp3) is 0.400. The van der Waals surface area contributed by atoms with Gasteiger partial charge in [-0.2, -0.15) is 0 Å². The van der Waals surface area contributed by atoms with Crippen molar-refractivity contribution >= 4 is 22.9 Å². The first-order valence-electron chi connectivity index (χ1n) is 8.86. The second-order valence-electron chi connectivity index (χ2n) is 6.15. The van der Waals surface area contributed by atoms with Gasteiger partial charge >= 0.3 is 5.97 Å². The third-order valence-corrected chi connectivity index (χ3v) is 4.47. The zero-order chi connectivity index (χ0) is 19.4. The lowest BCUT2D eigenvalue weighted by atomic mass is 10.1. The summed E-state index contributed by atoms with van der Waals surface area (Å²) in [5.41, 5.74) is 1.67. The van der Waals surface area contributed by atoms with Crippen LogP contribution in [0.5, 0.6) is 17.4 Å². The molecule has 1 aromatic carbocycles. The maximum atomic E-state index is 11.8. The Kier molecular flexibility index (Phi) is 5.81. The molecule has 1 aliphatic heterocycles. The molecule has 2 atom stereocenters. The molecular weight excluding hydrogens is 348 g/mol. The Labute approximate surface area is 158 Å². The van der Waals surface area contributed by atoms with E-state index in [0.717, 1.165) is 16.5 Å². The minimum Gasteiger partial charge on any atom is -0.489 e. The highest BCUT2D eigenvalue weighted by molar-refractivity contribution is 5.90. The number of ether oxygens (including phenoxy) is 4. The van der Waals surface area contributed by atoms with Gasteiger partial charge in [0.2, 0.25) is 5.75 Å². The Morgan fingerprint density at radius 3 is 2.85 bits per heavy atom. The van der Waals surface area contributed by atoms with Crippen molar-refractivity contribution in [1.82, 2.24) is 10.3 Å². The monoisotopic (exact) mass is 372 g/mol. The summed E-state index contributed by atoms with van der Waals surface area (Å²) in [7, 11) is 2.93. The molecule has 0 spiro atoms. The molecule has 1 N–H and O–H groups in total. The molecule has 2 heterocycles. The zero-order valence-electron chi connectivity index (χ0n) is 15.8. The Morgan fingerprint density at radius 1 is 1.37 bits per heavy atom. The van der Waals surface area contributed by atoms with Gasteiger partial charge in [0.05, 0.1) is 26.3 Å². The molecule has 3 rings (SSSR count). The number of hydrogen-bond acceptors (Lipinski definition) is 7. The lowest BCUT2D eigenvalue weighted by Crippen LogP contribution is -2.31. The van der Waals surface area contributed by atoms with E-state index in [2.05, 4.69) is 16.9 Å². The molecule has 0 radical (unpaired) electrons. The van der Waals surface area contributed by atoms with Crippen molar-refractivity contribution in [3.8, 4) is 17.4 Å². The van der Waals surface area contributed by atoms with Gasteiger partial charge in [-0.1, -0.05) is 18.7 Å². The molecule has 0 aliphatic carbocycles. The zero-order valence-corrected chi connectivity index (χ0v) is 15.8. The van der Waals surface area contributed by atoms with E-state index in [1.54, 1.807) is 13.2 Å². The second-order valence-corrected chi connectivity index (χ2v) is 6.15. The van der Waals surface area contributed by atoms with Crippen LogP contribution < -0.4 is 19.5 Å². The number of esters is 1. The number of methoxy groups -OCH3 is 2. The van der Waals surface area contributed by atoms with E-state index < -0.39 is 0 Å². The van der Waals surface area contributed by atoms with E-state index in [4.69, 9.17) is 18.9 Å². The van der Waals surface area contributed by atoms with Crippen LogP contribution in [0.1, 0.15) is 18.9 Å². The van der Waals surface area contributed by atoms with E-state index >= 15 is 0 Å². The topological polar surface area (TPSA) is 78.9 Å². The molecule has 0 bridgehead atoms. The van der Waals surface area contributed by atoms with Gasteiger partial charge in [-0.05, 0) is 24.6 Å². The lowest BCUT2D eigenvalue weighted by molar-refractivity contribution is -0.142. The Bertz CT molecular complexity index is 852. The average molecular weight is 372 g/mol. The smallest absolute Gasteiger partial charge is 0.323 e. The van der Waals surface area contributed by atoms with Gasteiger partial charge in [-0.25, -0.2) is 4.98 Å². The van der Waals surface area contributed by atoms with Gasteiger partial charge in [0.15, 0.2) is 5.75 Å². The first-order valence-corrected chi connectivity index (χ1v) is 8.86. The van der Waals surface area contributed by atoms with Crippen molar-refractivity contribution in [3.63, 3.8) is 0 Å². The molecule has 7 heteroatoms. The van der Waals surface area contributed by atoms with Crippen molar-refractivity contribution in [3.05, 3.63) is 30.3 Å². The van der Waals surface area contributed by atoms with Crippen molar-refractivity contribution < 1.29 is 23.7 Å². The molecular formula is C20H24N2O5. The standard InChI is InChI=1S/C20H24N2O5/c1-5-12-7-8-15-14(9-12)17(18(24-3)19(22-15)26-6-2)27-13-10-16(21-11-13)20(23)25-4/h5,7-9,13,16,21H,1,6,10-11H2,2-4H3/t13-,16+/m1/s1. The molecule has 1 aliphatic rings. The van der Waals surface area contributed by atoms with Gasteiger partial charge in [-0.15, -0.1) is 0 Å². The van der Waals surface area contributed by atoms with Gasteiger partial charge in [-0.3, -0.25) is 4.79 Å². The number of carbonyl (C=O) groups is 1. The van der Waals surface area contributed by atoms with Crippen LogP contribution in [0.2, 0.25) is 0 Å². The first kappa shape index (κ1) is 19.0. The molecule has 1 fully saturated rings. The minimum atomic E-state index is -0.380. The summed E-state index contributed by atoms with van der Waals surface area (Å²) in [5, 5.41) is 3.92. The SMILES string of the molecule is C=Cc1ccc2nc(OCC)c(OC)c(O[C@H]3CN[C@H](C(=O)OC)C3)c2c1. The van der Waals surface area contributed by atoms with Crippen LogP contribution >= 0.6 is 0 Å². The molecule has 1 aromatic heterocycles. The Balaban J connectivity index is 2.03. The highest BCUT2D eigenvalue weighted by Gasteiger charge is 2.33. The van der Waals surface area contributed by atoms with E-state index in [-0.39, 0.29) is 18.1 Å².